The van der Waals surface area contributed by atoms with Crippen LogP contribution in [0.2, 0.25) is 0 Å². The summed E-state index contributed by atoms with van der Waals surface area (Å²) in [5.74, 6) is 2.24. The molecule has 0 atom stereocenters. The van der Waals surface area contributed by atoms with Crippen molar-refractivity contribution in [2.45, 2.75) is 13.8 Å². The molecule has 0 aromatic carbocycles. The summed E-state index contributed by atoms with van der Waals surface area (Å²) < 4.78 is 20.7. The van der Waals surface area contributed by atoms with Crippen LogP contribution in [-0.4, -0.2) is 13.2 Å². The van der Waals surface area contributed by atoms with Gasteiger partial charge in [0.25, 0.3) is 0 Å². The van der Waals surface area contributed by atoms with Gasteiger partial charge < -0.3 is 9.05 Å². The minimum atomic E-state index is -3.06. The zero-order valence-electron chi connectivity index (χ0n) is 6.29. The van der Waals surface area contributed by atoms with Gasteiger partial charge in [0.2, 0.25) is 0 Å². The summed E-state index contributed by atoms with van der Waals surface area (Å²) in [4.78, 5) is 0. The van der Waals surface area contributed by atoms with E-state index in [0.717, 1.165) is 0 Å². The maximum absolute atomic E-state index is 11.2. The first-order chi connectivity index (χ1) is 4.68. The molecule has 0 aromatic rings. The fraction of sp³-hybridized carbons (Fsp3) is 0.667. The second-order valence-electron chi connectivity index (χ2n) is 1.49. The average molecular weight is 163 g/mol. The summed E-state index contributed by atoms with van der Waals surface area (Å²) in [6.07, 6.45) is 0. The van der Waals surface area contributed by atoms with Crippen molar-refractivity contribution in [1.29, 1.82) is 0 Å². The van der Waals surface area contributed by atoms with Crippen LogP contribution in [0.3, 0.4) is 0 Å². The van der Waals surface area contributed by atoms with Crippen molar-refractivity contribution in [1.82, 2.24) is 0 Å². The van der Waals surface area contributed by atoms with Crippen molar-refractivity contribution >= 4 is 7.60 Å². The lowest BCUT2D eigenvalue weighted by Crippen LogP contribution is -1.92. The minimum Gasteiger partial charge on any atom is -0.305 e. The van der Waals surface area contributed by atoms with Crippen molar-refractivity contribution in [3.05, 3.63) is 12.4 Å². The van der Waals surface area contributed by atoms with Gasteiger partial charge in [0.05, 0.1) is 19.0 Å². The van der Waals surface area contributed by atoms with Gasteiger partial charge in [0.1, 0.15) is 0 Å². The van der Waals surface area contributed by atoms with Crippen LogP contribution < -0.4 is 0 Å². The molecule has 0 aliphatic carbocycles. The van der Waals surface area contributed by atoms with Crippen LogP contribution in [-0.2, 0) is 13.6 Å². The van der Waals surface area contributed by atoms with E-state index < -0.39 is 7.60 Å². The zero-order chi connectivity index (χ0) is 8.04. The summed E-state index contributed by atoms with van der Waals surface area (Å²) in [5, 5.41) is 0. The van der Waals surface area contributed by atoms with E-state index in [9.17, 15) is 4.57 Å². The molecule has 0 rings (SSSR count). The normalized spacial score (nSPS) is 11.4. The van der Waals surface area contributed by atoms with Crippen molar-refractivity contribution in [2.24, 2.45) is 0 Å². The van der Waals surface area contributed by atoms with Gasteiger partial charge in [-0.3, -0.25) is 4.57 Å². The summed E-state index contributed by atoms with van der Waals surface area (Å²) in [6.45, 7) is 7.40. The first kappa shape index (κ1) is 9.89. The fourth-order valence-corrected chi connectivity index (χ4v) is 1.41. The number of rotatable bonds is 5. The second-order valence-corrected chi connectivity index (χ2v) is 3.32. The molecule has 10 heavy (non-hydrogen) atoms. The van der Waals surface area contributed by atoms with Gasteiger partial charge in [-0.1, -0.05) is 6.58 Å². The molecule has 1 radical (unpaired) electrons. The molecule has 0 aliphatic rings. The molecule has 0 saturated carbocycles. The largest absolute Gasteiger partial charge is 0.361 e. The molecule has 0 spiro atoms. The highest BCUT2D eigenvalue weighted by molar-refractivity contribution is 7.55. The molecular weight excluding hydrogens is 151 g/mol. The molecule has 0 saturated heterocycles. The van der Waals surface area contributed by atoms with Gasteiger partial charge >= 0.3 is 7.60 Å². The molecule has 0 aromatic heterocycles. The van der Waals surface area contributed by atoms with E-state index in [0.29, 0.717) is 13.2 Å². The molecule has 0 amide bonds. The SMILES string of the molecule is C=[C]P(=O)(OCC)OCC. The predicted molar refractivity (Wildman–Crippen MR) is 39.7 cm³/mol. The molecule has 0 heterocycles. The summed E-state index contributed by atoms with van der Waals surface area (Å²) in [5.41, 5.74) is 0. The molecule has 59 valence electrons. The Balaban J connectivity index is 3.95. The third-order valence-electron chi connectivity index (χ3n) is 0.792. The topological polar surface area (TPSA) is 35.5 Å². The quantitative estimate of drug-likeness (QED) is 0.583. The van der Waals surface area contributed by atoms with Crippen LogP contribution in [0.5, 0.6) is 0 Å². The molecule has 4 heteroatoms. The summed E-state index contributed by atoms with van der Waals surface area (Å²) >= 11 is 0. The van der Waals surface area contributed by atoms with Crippen molar-refractivity contribution in [2.75, 3.05) is 13.2 Å². The van der Waals surface area contributed by atoms with Gasteiger partial charge in [-0.15, -0.1) is 0 Å². The summed E-state index contributed by atoms with van der Waals surface area (Å²) in [7, 11) is -3.06. The van der Waals surface area contributed by atoms with E-state index in [2.05, 4.69) is 12.4 Å². The third kappa shape index (κ3) is 3.16. The third-order valence-corrected chi connectivity index (χ3v) is 2.38. The van der Waals surface area contributed by atoms with Crippen LogP contribution >= 0.6 is 7.60 Å². The van der Waals surface area contributed by atoms with E-state index in [1.807, 2.05) is 0 Å². The zero-order valence-corrected chi connectivity index (χ0v) is 7.19. The van der Waals surface area contributed by atoms with Crippen LogP contribution in [0.15, 0.2) is 6.58 Å². The Kier molecular flexibility index (Phi) is 4.62. The highest BCUT2D eigenvalue weighted by atomic mass is 31.2. The number of hydrogen-bond acceptors (Lipinski definition) is 3. The van der Waals surface area contributed by atoms with Crippen LogP contribution in [0.1, 0.15) is 13.8 Å². The molecule has 0 N–H and O–H groups in total. The van der Waals surface area contributed by atoms with E-state index in [-0.39, 0.29) is 0 Å². The Morgan fingerprint density at radius 2 is 1.80 bits per heavy atom. The Morgan fingerprint density at radius 1 is 1.40 bits per heavy atom. The highest BCUT2D eigenvalue weighted by Crippen LogP contribution is 2.47. The summed E-state index contributed by atoms with van der Waals surface area (Å²) in [6, 6.07) is 0. The number of hydrogen-bond donors (Lipinski definition) is 0. The van der Waals surface area contributed by atoms with Gasteiger partial charge in [-0.05, 0) is 13.8 Å². The van der Waals surface area contributed by atoms with Crippen LogP contribution in [0.4, 0.5) is 0 Å². The Morgan fingerprint density at radius 3 is 2.00 bits per heavy atom. The minimum absolute atomic E-state index is 0.347. The smallest absolute Gasteiger partial charge is 0.305 e. The van der Waals surface area contributed by atoms with E-state index >= 15 is 0 Å². The molecule has 0 bridgehead atoms. The van der Waals surface area contributed by atoms with Crippen molar-refractivity contribution in [3.8, 4) is 0 Å². The highest BCUT2D eigenvalue weighted by Gasteiger charge is 2.17. The van der Waals surface area contributed by atoms with E-state index in [1.54, 1.807) is 13.8 Å². The Labute approximate surface area is 61.6 Å². The molecule has 0 unspecified atom stereocenters. The molecule has 3 nitrogen and oxygen atoms in total. The lowest BCUT2D eigenvalue weighted by Gasteiger charge is -2.10. The van der Waals surface area contributed by atoms with Gasteiger partial charge in [0, 0.05) is 0 Å². The molecular formula is C6H12O3P. The van der Waals surface area contributed by atoms with E-state index in [4.69, 9.17) is 9.05 Å². The molecule has 0 aliphatic heterocycles. The molecule has 0 fully saturated rings. The monoisotopic (exact) mass is 163 g/mol. The van der Waals surface area contributed by atoms with Crippen molar-refractivity contribution in [3.63, 3.8) is 0 Å². The van der Waals surface area contributed by atoms with Gasteiger partial charge in [-0.2, -0.15) is 0 Å². The Bertz CT molecular complexity index is 134. The Hall–Kier alpha value is -0.110. The maximum Gasteiger partial charge on any atom is 0.361 e. The van der Waals surface area contributed by atoms with E-state index in [1.165, 1.54) is 0 Å². The average Bonchev–Trinajstić information content (AvgIpc) is 1.89. The van der Waals surface area contributed by atoms with Gasteiger partial charge in [-0.25, -0.2) is 0 Å². The van der Waals surface area contributed by atoms with Crippen LogP contribution in [0, 0.1) is 5.82 Å². The predicted octanol–water partition coefficient (Wildman–Crippen LogP) is 2.20. The second kappa shape index (κ2) is 4.67. The standard InChI is InChI=1S/C6H12O3P/c1-4-8-10(7,6-3)9-5-2/h3-5H2,1-2H3. The lowest BCUT2D eigenvalue weighted by atomic mass is 10.9. The fourth-order valence-electron chi connectivity index (χ4n) is 0.468. The lowest BCUT2D eigenvalue weighted by molar-refractivity contribution is 0.227. The van der Waals surface area contributed by atoms with Gasteiger partial charge in [0.15, 0.2) is 0 Å². The van der Waals surface area contributed by atoms with Crippen LogP contribution in [0.25, 0.3) is 0 Å². The first-order valence-electron chi connectivity index (χ1n) is 3.12. The van der Waals surface area contributed by atoms with Crippen molar-refractivity contribution < 1.29 is 13.6 Å². The maximum atomic E-state index is 11.2. The first-order valence-corrected chi connectivity index (χ1v) is 4.66.